The molecule has 2 rings (SSSR count). The highest BCUT2D eigenvalue weighted by Gasteiger charge is 2.23. The minimum atomic E-state index is -0.328. The Bertz CT molecular complexity index is 557. The van der Waals surface area contributed by atoms with Gasteiger partial charge in [0.05, 0.1) is 19.2 Å². The number of piperidine rings is 1. The Morgan fingerprint density at radius 2 is 2.09 bits per heavy atom. The molecule has 0 saturated carbocycles. The zero-order valence-corrected chi connectivity index (χ0v) is 13.2. The quantitative estimate of drug-likeness (QED) is 0.846. The zero-order chi connectivity index (χ0) is 16.1. The number of benzene rings is 1. The molecular weight excluding hydrogens is 306 g/mol. The van der Waals surface area contributed by atoms with Gasteiger partial charge in [-0.2, -0.15) is 0 Å². The van der Waals surface area contributed by atoms with Crippen LogP contribution in [0.5, 0.6) is 5.75 Å². The van der Waals surface area contributed by atoms with Crippen LogP contribution in [-0.4, -0.2) is 49.5 Å². The summed E-state index contributed by atoms with van der Waals surface area (Å²) in [5.41, 5.74) is 5.61. The summed E-state index contributed by atoms with van der Waals surface area (Å²) in [7, 11) is 1.52. The number of hydrogen-bond acceptors (Lipinski definition) is 4. The molecule has 120 valence electrons. The molecule has 1 aromatic carbocycles. The molecule has 0 bridgehead atoms. The summed E-state index contributed by atoms with van der Waals surface area (Å²) in [5.74, 6) is -0.0353. The molecule has 0 spiro atoms. The van der Waals surface area contributed by atoms with E-state index in [2.05, 4.69) is 5.32 Å². The average Bonchev–Trinajstić information content (AvgIpc) is 2.48. The smallest absolute Gasteiger partial charge is 0.255 e. The highest BCUT2D eigenvalue weighted by atomic mass is 35.5. The second-order valence-corrected chi connectivity index (χ2v) is 5.77. The van der Waals surface area contributed by atoms with E-state index < -0.39 is 0 Å². The Kier molecular flexibility index (Phi) is 5.63. The van der Waals surface area contributed by atoms with E-state index in [4.69, 9.17) is 22.1 Å². The van der Waals surface area contributed by atoms with Crippen LogP contribution in [0, 0.1) is 0 Å². The number of methoxy groups -OCH3 is 1. The summed E-state index contributed by atoms with van der Waals surface area (Å²) in [6, 6.07) is 5.02. The van der Waals surface area contributed by atoms with Gasteiger partial charge < -0.3 is 15.8 Å². The van der Waals surface area contributed by atoms with Gasteiger partial charge in [-0.25, -0.2) is 0 Å². The highest BCUT2D eigenvalue weighted by molar-refractivity contribution is 6.31. The fraction of sp³-hybridized carbons (Fsp3) is 0.467. The molecule has 0 aliphatic carbocycles. The third kappa shape index (κ3) is 4.35. The lowest BCUT2D eigenvalue weighted by atomic mass is 10.0. The molecule has 0 unspecified atom stereocenters. The van der Waals surface area contributed by atoms with E-state index in [1.165, 1.54) is 7.11 Å². The normalized spacial score (nSPS) is 16.3. The van der Waals surface area contributed by atoms with E-state index in [9.17, 15) is 9.59 Å². The number of primary amides is 1. The van der Waals surface area contributed by atoms with Gasteiger partial charge in [-0.1, -0.05) is 11.6 Å². The highest BCUT2D eigenvalue weighted by Crippen LogP contribution is 2.23. The monoisotopic (exact) mass is 325 g/mol. The Morgan fingerprint density at radius 3 is 2.68 bits per heavy atom. The second kappa shape index (κ2) is 7.47. The van der Waals surface area contributed by atoms with Crippen molar-refractivity contribution < 1.29 is 14.3 Å². The fourth-order valence-corrected chi connectivity index (χ4v) is 2.75. The van der Waals surface area contributed by atoms with E-state index in [-0.39, 0.29) is 24.4 Å². The summed E-state index contributed by atoms with van der Waals surface area (Å²) < 4.78 is 5.19. The van der Waals surface area contributed by atoms with Crippen LogP contribution in [0.2, 0.25) is 5.02 Å². The molecule has 0 aromatic heterocycles. The lowest BCUT2D eigenvalue weighted by molar-refractivity contribution is -0.119. The van der Waals surface area contributed by atoms with Crippen molar-refractivity contribution in [2.24, 2.45) is 5.73 Å². The van der Waals surface area contributed by atoms with Crippen molar-refractivity contribution in [1.29, 1.82) is 0 Å². The minimum absolute atomic E-state index is 0.0697. The first kappa shape index (κ1) is 16.6. The number of nitrogens with two attached hydrogens (primary N) is 1. The summed E-state index contributed by atoms with van der Waals surface area (Å²) in [6.07, 6.45) is 1.56. The van der Waals surface area contributed by atoms with E-state index >= 15 is 0 Å². The van der Waals surface area contributed by atoms with Gasteiger partial charge in [-0.05, 0) is 31.0 Å². The SMILES string of the molecule is COc1ccc(Cl)cc1C(=O)NC1CCN(CC(N)=O)CC1. The number of hydrogen-bond donors (Lipinski definition) is 2. The van der Waals surface area contributed by atoms with Gasteiger partial charge in [0, 0.05) is 24.2 Å². The maximum Gasteiger partial charge on any atom is 0.255 e. The minimum Gasteiger partial charge on any atom is -0.496 e. The van der Waals surface area contributed by atoms with Crippen molar-refractivity contribution >= 4 is 23.4 Å². The van der Waals surface area contributed by atoms with Crippen LogP contribution in [0.1, 0.15) is 23.2 Å². The number of amides is 2. The third-order valence-corrected chi connectivity index (χ3v) is 3.94. The van der Waals surface area contributed by atoms with Gasteiger partial charge >= 0.3 is 0 Å². The standard InChI is InChI=1S/C15H20ClN3O3/c1-22-13-3-2-10(16)8-12(13)15(21)18-11-4-6-19(7-5-11)9-14(17)20/h2-3,8,11H,4-7,9H2,1H3,(H2,17,20)(H,18,21). The molecule has 1 fully saturated rings. The van der Waals surface area contributed by atoms with Crippen molar-refractivity contribution in [2.75, 3.05) is 26.7 Å². The van der Waals surface area contributed by atoms with Gasteiger partial charge in [0.15, 0.2) is 0 Å². The zero-order valence-electron chi connectivity index (χ0n) is 12.5. The largest absolute Gasteiger partial charge is 0.496 e. The Balaban J connectivity index is 1.93. The Hall–Kier alpha value is -1.79. The van der Waals surface area contributed by atoms with Gasteiger partial charge in [-0.15, -0.1) is 0 Å². The number of ether oxygens (including phenoxy) is 1. The molecular formula is C15H20ClN3O3. The molecule has 2 amide bonds. The van der Waals surface area contributed by atoms with Gasteiger partial charge in [0.25, 0.3) is 5.91 Å². The number of carbonyl (C=O) groups excluding carboxylic acids is 2. The molecule has 3 N–H and O–H groups in total. The van der Waals surface area contributed by atoms with Crippen molar-refractivity contribution in [2.45, 2.75) is 18.9 Å². The first-order valence-electron chi connectivity index (χ1n) is 7.14. The molecule has 1 heterocycles. The molecule has 1 saturated heterocycles. The summed E-state index contributed by atoms with van der Waals surface area (Å²) in [5, 5.41) is 3.48. The summed E-state index contributed by atoms with van der Waals surface area (Å²) in [4.78, 5) is 25.3. The predicted molar refractivity (Wildman–Crippen MR) is 84.1 cm³/mol. The van der Waals surface area contributed by atoms with Crippen LogP contribution in [0.25, 0.3) is 0 Å². The molecule has 7 heteroatoms. The van der Waals surface area contributed by atoms with Crippen LogP contribution >= 0.6 is 11.6 Å². The molecule has 6 nitrogen and oxygen atoms in total. The number of nitrogens with zero attached hydrogens (tertiary/aromatic N) is 1. The number of carbonyl (C=O) groups is 2. The van der Waals surface area contributed by atoms with Crippen molar-refractivity contribution in [3.8, 4) is 5.75 Å². The molecule has 1 aromatic rings. The second-order valence-electron chi connectivity index (χ2n) is 5.33. The third-order valence-electron chi connectivity index (χ3n) is 3.71. The van der Waals surface area contributed by atoms with Crippen molar-refractivity contribution in [1.82, 2.24) is 10.2 Å². The number of rotatable bonds is 5. The Morgan fingerprint density at radius 1 is 1.41 bits per heavy atom. The maximum absolute atomic E-state index is 12.4. The molecule has 1 aliphatic heterocycles. The number of halogens is 1. The van der Waals surface area contributed by atoms with Gasteiger partial charge in [0.1, 0.15) is 5.75 Å². The summed E-state index contributed by atoms with van der Waals surface area (Å²) >= 11 is 5.94. The van der Waals surface area contributed by atoms with E-state index in [0.29, 0.717) is 16.3 Å². The van der Waals surface area contributed by atoms with E-state index in [1.54, 1.807) is 18.2 Å². The summed E-state index contributed by atoms with van der Waals surface area (Å²) in [6.45, 7) is 1.74. The van der Waals surface area contributed by atoms with E-state index in [1.807, 2.05) is 4.90 Å². The fourth-order valence-electron chi connectivity index (χ4n) is 2.58. The average molecular weight is 326 g/mol. The van der Waals surface area contributed by atoms with Gasteiger partial charge in [-0.3, -0.25) is 14.5 Å². The molecule has 22 heavy (non-hydrogen) atoms. The lowest BCUT2D eigenvalue weighted by Gasteiger charge is -2.31. The van der Waals surface area contributed by atoms with Crippen LogP contribution in [-0.2, 0) is 4.79 Å². The lowest BCUT2D eigenvalue weighted by Crippen LogP contribution is -2.46. The van der Waals surface area contributed by atoms with Crippen molar-refractivity contribution in [3.63, 3.8) is 0 Å². The number of nitrogens with one attached hydrogen (secondary N) is 1. The number of likely N-dealkylation sites (tertiary alicyclic amines) is 1. The van der Waals surface area contributed by atoms with Crippen LogP contribution in [0.4, 0.5) is 0 Å². The van der Waals surface area contributed by atoms with Crippen LogP contribution in [0.15, 0.2) is 18.2 Å². The first-order chi connectivity index (χ1) is 10.5. The van der Waals surface area contributed by atoms with Crippen LogP contribution < -0.4 is 15.8 Å². The topological polar surface area (TPSA) is 84.7 Å². The van der Waals surface area contributed by atoms with Gasteiger partial charge in [0.2, 0.25) is 5.91 Å². The first-order valence-corrected chi connectivity index (χ1v) is 7.52. The van der Waals surface area contributed by atoms with E-state index in [0.717, 1.165) is 25.9 Å². The van der Waals surface area contributed by atoms with Crippen molar-refractivity contribution in [3.05, 3.63) is 28.8 Å². The Labute approximate surface area is 134 Å². The maximum atomic E-state index is 12.4. The molecule has 0 atom stereocenters. The van der Waals surface area contributed by atoms with Crippen LogP contribution in [0.3, 0.4) is 0 Å². The molecule has 1 aliphatic rings. The predicted octanol–water partition coefficient (Wildman–Crippen LogP) is 1.03. The molecule has 0 radical (unpaired) electrons.